The van der Waals surface area contributed by atoms with E-state index in [0.29, 0.717) is 5.75 Å². The Hall–Kier alpha value is -0.980. The van der Waals surface area contributed by atoms with Crippen LogP contribution in [0.3, 0.4) is 0 Å². The molecule has 78 valence electrons. The number of hydrogen-bond acceptors (Lipinski definition) is 1. The van der Waals surface area contributed by atoms with Crippen LogP contribution in [0.15, 0.2) is 6.07 Å². The molecule has 1 aromatic carbocycles. The molecule has 0 radical (unpaired) electrons. The first-order valence-corrected chi connectivity index (χ1v) is 5.05. The fraction of sp³-hybridized carbons (Fsp3) is 0.538. The highest BCUT2D eigenvalue weighted by Crippen LogP contribution is 2.35. The second-order valence-corrected chi connectivity index (χ2v) is 5.11. The smallest absolute Gasteiger partial charge is 0.121 e. The minimum atomic E-state index is 0.0966. The van der Waals surface area contributed by atoms with Gasteiger partial charge in [0.15, 0.2) is 0 Å². The fourth-order valence-electron chi connectivity index (χ4n) is 2.33. The molecule has 0 bridgehead atoms. The molecule has 1 nitrogen and oxygen atoms in total. The Labute approximate surface area is 86.8 Å². The summed E-state index contributed by atoms with van der Waals surface area (Å²) in [5.74, 6) is 0.445. The SMILES string of the molecule is Cc1cc(C)c(C(C)(C)C)c(C)c1O. The molecule has 14 heavy (non-hydrogen) atoms. The number of aromatic hydroxyl groups is 1. The number of phenolic OH excluding ortho intramolecular Hbond substituents is 1. The van der Waals surface area contributed by atoms with E-state index in [1.54, 1.807) is 0 Å². The van der Waals surface area contributed by atoms with Gasteiger partial charge in [-0.15, -0.1) is 0 Å². The number of rotatable bonds is 0. The predicted octanol–water partition coefficient (Wildman–Crippen LogP) is 3.61. The second kappa shape index (κ2) is 3.30. The molecule has 0 atom stereocenters. The summed E-state index contributed by atoms with van der Waals surface area (Å²) in [6, 6.07) is 2.06. The minimum Gasteiger partial charge on any atom is -0.507 e. The number of benzene rings is 1. The van der Waals surface area contributed by atoms with Gasteiger partial charge < -0.3 is 5.11 Å². The molecule has 0 fully saturated rings. The Morgan fingerprint density at radius 3 is 1.93 bits per heavy atom. The Morgan fingerprint density at radius 2 is 1.50 bits per heavy atom. The van der Waals surface area contributed by atoms with Crippen molar-refractivity contribution in [3.8, 4) is 5.75 Å². The van der Waals surface area contributed by atoms with Gasteiger partial charge in [0.05, 0.1) is 0 Å². The maximum absolute atomic E-state index is 9.87. The monoisotopic (exact) mass is 192 g/mol. The zero-order valence-electron chi connectivity index (χ0n) is 10.0. The van der Waals surface area contributed by atoms with E-state index in [1.807, 2.05) is 13.8 Å². The van der Waals surface area contributed by atoms with Gasteiger partial charge in [-0.1, -0.05) is 26.8 Å². The summed E-state index contributed by atoms with van der Waals surface area (Å²) >= 11 is 0. The normalized spacial score (nSPS) is 11.9. The molecule has 0 heterocycles. The second-order valence-electron chi connectivity index (χ2n) is 5.11. The molecule has 0 spiro atoms. The van der Waals surface area contributed by atoms with Crippen molar-refractivity contribution < 1.29 is 5.11 Å². The van der Waals surface area contributed by atoms with Crippen LogP contribution in [0, 0.1) is 20.8 Å². The molecule has 0 unspecified atom stereocenters. The molecule has 0 aliphatic heterocycles. The Balaban J connectivity index is 3.53. The molecule has 0 saturated heterocycles. The van der Waals surface area contributed by atoms with E-state index in [1.165, 1.54) is 11.1 Å². The lowest BCUT2D eigenvalue weighted by Gasteiger charge is -2.25. The zero-order valence-corrected chi connectivity index (χ0v) is 10.0. The lowest BCUT2D eigenvalue weighted by atomic mass is 9.80. The van der Waals surface area contributed by atoms with E-state index in [9.17, 15) is 5.11 Å². The standard InChI is InChI=1S/C13H20O/c1-8-7-9(2)12(14)10(3)11(8)13(4,5)6/h7,14H,1-6H3. The molecule has 1 N–H and O–H groups in total. The summed E-state index contributed by atoms with van der Waals surface area (Å²) in [5, 5.41) is 9.87. The fourth-order valence-corrected chi connectivity index (χ4v) is 2.33. The van der Waals surface area contributed by atoms with Gasteiger partial charge in [0.1, 0.15) is 5.75 Å². The highest BCUT2D eigenvalue weighted by atomic mass is 16.3. The van der Waals surface area contributed by atoms with Crippen LogP contribution >= 0.6 is 0 Å². The van der Waals surface area contributed by atoms with Crippen LogP contribution in [-0.4, -0.2) is 5.11 Å². The van der Waals surface area contributed by atoms with Crippen molar-refractivity contribution in [1.82, 2.24) is 0 Å². The molecule has 0 aliphatic carbocycles. The lowest BCUT2D eigenvalue weighted by Crippen LogP contribution is -2.15. The Kier molecular flexibility index (Phi) is 2.62. The molecule has 1 aromatic rings. The van der Waals surface area contributed by atoms with Gasteiger partial charge in [-0.3, -0.25) is 0 Å². The molecule has 0 aromatic heterocycles. The molecular formula is C13H20O. The van der Waals surface area contributed by atoms with Crippen LogP contribution in [0.1, 0.15) is 43.0 Å². The Bertz CT molecular complexity index is 356. The number of aryl methyl sites for hydroxylation is 2. The average Bonchev–Trinajstić information content (AvgIpc) is 1.97. The zero-order chi connectivity index (χ0) is 11.1. The minimum absolute atomic E-state index is 0.0966. The van der Waals surface area contributed by atoms with Gasteiger partial charge in [0.2, 0.25) is 0 Å². The predicted molar refractivity (Wildman–Crippen MR) is 61.0 cm³/mol. The third kappa shape index (κ3) is 1.77. The van der Waals surface area contributed by atoms with Crippen LogP contribution in [0.25, 0.3) is 0 Å². The van der Waals surface area contributed by atoms with Gasteiger partial charge in [-0.25, -0.2) is 0 Å². The van der Waals surface area contributed by atoms with Crippen molar-refractivity contribution >= 4 is 0 Å². The maximum atomic E-state index is 9.87. The molecule has 0 saturated carbocycles. The summed E-state index contributed by atoms with van der Waals surface area (Å²) < 4.78 is 0. The van der Waals surface area contributed by atoms with Gasteiger partial charge in [0, 0.05) is 0 Å². The van der Waals surface area contributed by atoms with Crippen molar-refractivity contribution in [1.29, 1.82) is 0 Å². The largest absolute Gasteiger partial charge is 0.507 e. The van der Waals surface area contributed by atoms with Crippen molar-refractivity contribution in [3.63, 3.8) is 0 Å². The van der Waals surface area contributed by atoms with Gasteiger partial charge in [-0.05, 0) is 48.4 Å². The third-order valence-electron chi connectivity index (χ3n) is 2.68. The van der Waals surface area contributed by atoms with E-state index < -0.39 is 0 Å². The first-order valence-electron chi connectivity index (χ1n) is 5.05. The van der Waals surface area contributed by atoms with Crippen LogP contribution in [0.5, 0.6) is 5.75 Å². The quantitative estimate of drug-likeness (QED) is 0.665. The average molecular weight is 192 g/mol. The van der Waals surface area contributed by atoms with Crippen molar-refractivity contribution in [3.05, 3.63) is 28.3 Å². The summed E-state index contributed by atoms with van der Waals surface area (Å²) in [6.07, 6.45) is 0. The first kappa shape index (κ1) is 11.1. The van der Waals surface area contributed by atoms with E-state index in [-0.39, 0.29) is 5.41 Å². The molecule has 1 rings (SSSR count). The van der Waals surface area contributed by atoms with Gasteiger partial charge >= 0.3 is 0 Å². The lowest BCUT2D eigenvalue weighted by molar-refractivity contribution is 0.461. The van der Waals surface area contributed by atoms with E-state index >= 15 is 0 Å². The highest BCUT2D eigenvalue weighted by Gasteiger charge is 2.21. The highest BCUT2D eigenvalue weighted by molar-refractivity contribution is 5.50. The maximum Gasteiger partial charge on any atom is 0.121 e. The first-order chi connectivity index (χ1) is 6.25. The van der Waals surface area contributed by atoms with Crippen LogP contribution in [0.2, 0.25) is 0 Å². The summed E-state index contributed by atoms with van der Waals surface area (Å²) in [7, 11) is 0. The Morgan fingerprint density at radius 1 is 1.00 bits per heavy atom. The molecule has 0 aliphatic rings. The number of phenols is 1. The number of hydrogen-bond donors (Lipinski definition) is 1. The third-order valence-corrected chi connectivity index (χ3v) is 2.68. The summed E-state index contributed by atoms with van der Waals surface area (Å²) in [5.41, 5.74) is 4.62. The van der Waals surface area contributed by atoms with Crippen LogP contribution in [-0.2, 0) is 5.41 Å². The molecular weight excluding hydrogens is 172 g/mol. The van der Waals surface area contributed by atoms with E-state index in [4.69, 9.17) is 0 Å². The van der Waals surface area contributed by atoms with Crippen LogP contribution in [0.4, 0.5) is 0 Å². The summed E-state index contributed by atoms with van der Waals surface area (Å²) in [6.45, 7) is 12.6. The van der Waals surface area contributed by atoms with Crippen molar-refractivity contribution in [2.24, 2.45) is 0 Å². The van der Waals surface area contributed by atoms with Crippen molar-refractivity contribution in [2.45, 2.75) is 47.0 Å². The molecule has 1 heteroatoms. The van der Waals surface area contributed by atoms with Crippen molar-refractivity contribution in [2.75, 3.05) is 0 Å². The molecule has 0 amide bonds. The van der Waals surface area contributed by atoms with E-state index in [2.05, 4.69) is 33.8 Å². The van der Waals surface area contributed by atoms with E-state index in [0.717, 1.165) is 11.1 Å². The van der Waals surface area contributed by atoms with Gasteiger partial charge in [-0.2, -0.15) is 0 Å². The van der Waals surface area contributed by atoms with Gasteiger partial charge in [0.25, 0.3) is 0 Å². The van der Waals surface area contributed by atoms with Crippen LogP contribution < -0.4 is 0 Å². The topological polar surface area (TPSA) is 20.2 Å². The summed E-state index contributed by atoms with van der Waals surface area (Å²) in [4.78, 5) is 0.